The van der Waals surface area contributed by atoms with E-state index in [2.05, 4.69) is 15.3 Å². The van der Waals surface area contributed by atoms with Crippen LogP contribution in [0.15, 0.2) is 4.99 Å². The summed E-state index contributed by atoms with van der Waals surface area (Å²) in [4.78, 5) is 6.53. The molecule has 1 aliphatic rings. The van der Waals surface area contributed by atoms with Gasteiger partial charge in [-0.3, -0.25) is 10.4 Å². The lowest BCUT2D eigenvalue weighted by atomic mass is 9.85. The first-order valence-electron chi connectivity index (χ1n) is 5.99. The second-order valence-electron chi connectivity index (χ2n) is 4.37. The van der Waals surface area contributed by atoms with Gasteiger partial charge >= 0.3 is 0 Å². The van der Waals surface area contributed by atoms with Crippen LogP contribution in [-0.2, 0) is 4.74 Å². The number of rotatable bonds is 6. The third-order valence-corrected chi connectivity index (χ3v) is 3.02. The molecule has 16 heavy (non-hydrogen) atoms. The molecule has 0 aromatic heterocycles. The van der Waals surface area contributed by atoms with Crippen LogP contribution in [0.25, 0.3) is 0 Å². The first-order valence-corrected chi connectivity index (χ1v) is 5.99. The van der Waals surface area contributed by atoms with Crippen LogP contribution in [0.2, 0.25) is 0 Å². The van der Waals surface area contributed by atoms with Gasteiger partial charge in [0.2, 0.25) is 5.96 Å². The molecule has 0 radical (unpaired) electrons. The normalized spacial score (nSPS) is 17.1. The minimum absolute atomic E-state index is 0.744. The van der Waals surface area contributed by atoms with Gasteiger partial charge in [0.15, 0.2) is 0 Å². The summed E-state index contributed by atoms with van der Waals surface area (Å²) >= 11 is 0. The number of nitrogens with zero attached hydrogens (tertiary/aromatic N) is 2. The lowest BCUT2D eigenvalue weighted by Gasteiger charge is -2.31. The van der Waals surface area contributed by atoms with E-state index in [1.54, 1.807) is 7.11 Å². The largest absolute Gasteiger partial charge is 0.385 e. The van der Waals surface area contributed by atoms with E-state index in [-0.39, 0.29) is 0 Å². The predicted octanol–water partition coefficient (Wildman–Crippen LogP) is 0.574. The molecule has 0 saturated heterocycles. The van der Waals surface area contributed by atoms with Gasteiger partial charge < -0.3 is 9.64 Å². The Labute approximate surface area is 98.0 Å². The van der Waals surface area contributed by atoms with E-state index in [0.29, 0.717) is 0 Å². The van der Waals surface area contributed by atoms with Crippen LogP contribution in [0.4, 0.5) is 0 Å². The summed E-state index contributed by atoms with van der Waals surface area (Å²) in [5.41, 5.74) is 2.67. The average molecular weight is 228 g/mol. The fourth-order valence-corrected chi connectivity index (χ4v) is 1.82. The second kappa shape index (κ2) is 7.46. The van der Waals surface area contributed by atoms with Gasteiger partial charge in [-0.15, -0.1) is 0 Å². The van der Waals surface area contributed by atoms with Crippen molar-refractivity contribution in [3.8, 4) is 0 Å². The number of nitrogens with two attached hydrogens (primary N) is 1. The molecule has 0 unspecified atom stereocenters. The maximum atomic E-state index is 5.47. The molecule has 0 atom stereocenters. The molecule has 0 spiro atoms. The Kier molecular flexibility index (Phi) is 6.18. The van der Waals surface area contributed by atoms with Gasteiger partial charge in [-0.1, -0.05) is 6.42 Å². The minimum Gasteiger partial charge on any atom is -0.385 e. The highest BCUT2D eigenvalue weighted by Gasteiger charge is 2.20. The highest BCUT2D eigenvalue weighted by Crippen LogP contribution is 2.26. The molecule has 1 fully saturated rings. The van der Waals surface area contributed by atoms with E-state index in [4.69, 9.17) is 10.6 Å². The lowest BCUT2D eigenvalue weighted by molar-refractivity contribution is 0.196. The fourth-order valence-electron chi connectivity index (χ4n) is 1.82. The number of hydrogen-bond donors (Lipinski definition) is 2. The van der Waals surface area contributed by atoms with Crippen molar-refractivity contribution in [3.63, 3.8) is 0 Å². The zero-order chi connectivity index (χ0) is 11.8. The van der Waals surface area contributed by atoms with Crippen molar-refractivity contribution in [2.45, 2.75) is 25.7 Å². The molecule has 5 nitrogen and oxygen atoms in total. The van der Waals surface area contributed by atoms with Crippen LogP contribution in [0.5, 0.6) is 0 Å². The van der Waals surface area contributed by atoms with E-state index >= 15 is 0 Å². The van der Waals surface area contributed by atoms with Crippen LogP contribution in [-0.4, -0.2) is 44.7 Å². The zero-order valence-corrected chi connectivity index (χ0v) is 10.4. The number of ether oxygens (including phenoxy) is 1. The molecular formula is C11H24N4O. The van der Waals surface area contributed by atoms with Crippen molar-refractivity contribution in [1.29, 1.82) is 0 Å². The summed E-state index contributed by atoms with van der Waals surface area (Å²) in [6, 6.07) is 0. The minimum atomic E-state index is 0.744. The molecule has 0 aromatic rings. The first kappa shape index (κ1) is 13.3. The summed E-state index contributed by atoms with van der Waals surface area (Å²) in [6.45, 7) is 2.55. The molecule has 94 valence electrons. The smallest absolute Gasteiger partial charge is 0.208 e. The molecule has 5 heteroatoms. The number of methoxy groups -OCH3 is 1. The monoisotopic (exact) mass is 228 g/mol. The zero-order valence-electron chi connectivity index (χ0n) is 10.4. The lowest BCUT2D eigenvalue weighted by Crippen LogP contribution is -2.45. The van der Waals surface area contributed by atoms with Crippen LogP contribution >= 0.6 is 0 Å². The molecule has 3 N–H and O–H groups in total. The van der Waals surface area contributed by atoms with Crippen molar-refractivity contribution in [2.24, 2.45) is 16.8 Å². The number of guanidine groups is 1. The third kappa shape index (κ3) is 4.37. The Bertz CT molecular complexity index is 216. The molecule has 0 bridgehead atoms. The van der Waals surface area contributed by atoms with Crippen LogP contribution in [0, 0.1) is 5.92 Å². The van der Waals surface area contributed by atoms with Gasteiger partial charge in [-0.25, -0.2) is 5.84 Å². The SMILES string of the molecule is COCCCN=C(NN)N(C)CC1CCC1. The third-order valence-electron chi connectivity index (χ3n) is 3.02. The molecule has 1 saturated carbocycles. The highest BCUT2D eigenvalue weighted by molar-refractivity contribution is 5.79. The molecular weight excluding hydrogens is 204 g/mol. The highest BCUT2D eigenvalue weighted by atomic mass is 16.5. The van der Waals surface area contributed by atoms with Crippen molar-refractivity contribution in [2.75, 3.05) is 33.9 Å². The number of hydrazine groups is 1. The predicted molar refractivity (Wildman–Crippen MR) is 66.1 cm³/mol. The molecule has 0 amide bonds. The maximum Gasteiger partial charge on any atom is 0.208 e. The number of nitrogens with one attached hydrogen (secondary N) is 1. The van der Waals surface area contributed by atoms with Gasteiger partial charge in [0, 0.05) is 33.9 Å². The van der Waals surface area contributed by atoms with Gasteiger partial charge in [0.1, 0.15) is 0 Å². The Balaban J connectivity index is 2.26. The van der Waals surface area contributed by atoms with Gasteiger partial charge in [-0.2, -0.15) is 0 Å². The Morgan fingerprint density at radius 3 is 2.81 bits per heavy atom. The molecule has 1 rings (SSSR count). The molecule has 0 heterocycles. The van der Waals surface area contributed by atoms with Crippen molar-refractivity contribution in [1.82, 2.24) is 10.3 Å². The second-order valence-corrected chi connectivity index (χ2v) is 4.37. The van der Waals surface area contributed by atoms with E-state index in [0.717, 1.165) is 38.0 Å². The molecule has 0 aliphatic heterocycles. The Hall–Kier alpha value is -0.810. The van der Waals surface area contributed by atoms with Gasteiger partial charge in [-0.05, 0) is 25.2 Å². The van der Waals surface area contributed by atoms with Gasteiger partial charge in [0.05, 0.1) is 0 Å². The Morgan fingerprint density at radius 1 is 1.56 bits per heavy atom. The summed E-state index contributed by atoms with van der Waals surface area (Å²) in [7, 11) is 3.74. The maximum absolute atomic E-state index is 5.47. The summed E-state index contributed by atoms with van der Waals surface area (Å²) < 4.78 is 4.97. The number of aliphatic imine (C=N–C) groups is 1. The average Bonchev–Trinajstić information content (AvgIpc) is 2.23. The molecule has 0 aromatic carbocycles. The van der Waals surface area contributed by atoms with E-state index < -0.39 is 0 Å². The summed E-state index contributed by atoms with van der Waals surface area (Å²) in [5, 5.41) is 0. The van der Waals surface area contributed by atoms with Crippen molar-refractivity contribution >= 4 is 5.96 Å². The van der Waals surface area contributed by atoms with Crippen molar-refractivity contribution in [3.05, 3.63) is 0 Å². The van der Waals surface area contributed by atoms with E-state index in [1.807, 2.05) is 7.05 Å². The van der Waals surface area contributed by atoms with Gasteiger partial charge in [0.25, 0.3) is 0 Å². The summed E-state index contributed by atoms with van der Waals surface area (Å²) in [6.07, 6.45) is 4.98. The standard InChI is InChI=1S/C11H24N4O/c1-15(9-10-5-3-6-10)11(14-12)13-7-4-8-16-2/h10H,3-9,12H2,1-2H3,(H,13,14). The van der Waals surface area contributed by atoms with Crippen molar-refractivity contribution < 1.29 is 4.74 Å². The number of hydrogen-bond acceptors (Lipinski definition) is 3. The van der Waals surface area contributed by atoms with Crippen LogP contribution in [0.1, 0.15) is 25.7 Å². The summed E-state index contributed by atoms with van der Waals surface area (Å²) in [5.74, 6) is 7.07. The topological polar surface area (TPSA) is 62.9 Å². The molecule has 1 aliphatic carbocycles. The van der Waals surface area contributed by atoms with E-state index in [9.17, 15) is 0 Å². The Morgan fingerprint density at radius 2 is 2.31 bits per heavy atom. The van der Waals surface area contributed by atoms with Crippen LogP contribution < -0.4 is 11.3 Å². The fraction of sp³-hybridized carbons (Fsp3) is 0.909. The van der Waals surface area contributed by atoms with E-state index in [1.165, 1.54) is 19.3 Å². The first-order chi connectivity index (χ1) is 7.77. The van der Waals surface area contributed by atoms with Crippen LogP contribution in [0.3, 0.4) is 0 Å². The quantitative estimate of drug-likeness (QED) is 0.229.